The zero-order chi connectivity index (χ0) is 14.1. The molecular formula is C16H12N4O. The Balaban J connectivity index is 1.96. The van der Waals surface area contributed by atoms with Gasteiger partial charge in [0.2, 0.25) is 0 Å². The van der Waals surface area contributed by atoms with Crippen LogP contribution in [0.3, 0.4) is 0 Å². The van der Waals surface area contributed by atoms with Crippen molar-refractivity contribution in [1.29, 1.82) is 0 Å². The number of hydrogen-bond acceptors (Lipinski definition) is 4. The van der Waals surface area contributed by atoms with E-state index in [9.17, 15) is 0 Å². The molecule has 0 aliphatic heterocycles. The molecule has 0 saturated heterocycles. The molecule has 5 nitrogen and oxygen atoms in total. The van der Waals surface area contributed by atoms with Gasteiger partial charge in [0.15, 0.2) is 0 Å². The van der Waals surface area contributed by atoms with Crippen LogP contribution in [0.2, 0.25) is 0 Å². The smallest absolute Gasteiger partial charge is 0.134 e. The maximum absolute atomic E-state index is 5.56. The first-order valence-electron chi connectivity index (χ1n) is 6.66. The van der Waals surface area contributed by atoms with Crippen molar-refractivity contribution < 1.29 is 4.42 Å². The Bertz CT molecular complexity index is 867. The van der Waals surface area contributed by atoms with Crippen LogP contribution in [0.25, 0.3) is 22.2 Å². The van der Waals surface area contributed by atoms with Gasteiger partial charge in [0, 0.05) is 28.9 Å². The van der Waals surface area contributed by atoms with Crippen LogP contribution in [-0.4, -0.2) is 20.0 Å². The van der Waals surface area contributed by atoms with Crippen molar-refractivity contribution in [2.24, 2.45) is 0 Å². The van der Waals surface area contributed by atoms with Gasteiger partial charge in [-0.15, -0.1) is 5.10 Å². The molecule has 0 N–H and O–H groups in total. The summed E-state index contributed by atoms with van der Waals surface area (Å²) < 4.78 is 7.34. The molecule has 0 atom stereocenters. The molecule has 0 saturated carbocycles. The van der Waals surface area contributed by atoms with Gasteiger partial charge in [-0.05, 0) is 18.2 Å². The molecule has 0 bridgehead atoms. The zero-order valence-electron chi connectivity index (χ0n) is 11.2. The molecule has 0 spiro atoms. The molecule has 1 aromatic carbocycles. The lowest BCUT2D eigenvalue weighted by molar-refractivity contribution is 0.580. The second-order valence-electron chi connectivity index (χ2n) is 4.74. The van der Waals surface area contributed by atoms with E-state index < -0.39 is 0 Å². The summed E-state index contributed by atoms with van der Waals surface area (Å²) in [4.78, 5) is 4.53. The molecule has 0 aliphatic carbocycles. The van der Waals surface area contributed by atoms with Crippen LogP contribution in [0.15, 0.2) is 65.7 Å². The third-order valence-electron chi connectivity index (χ3n) is 3.46. The summed E-state index contributed by atoms with van der Waals surface area (Å²) in [5, 5.41) is 9.01. The summed E-state index contributed by atoms with van der Waals surface area (Å²) in [5.41, 5.74) is 3.07. The topological polar surface area (TPSA) is 56.7 Å². The second kappa shape index (κ2) is 4.86. The Labute approximate surface area is 120 Å². The fourth-order valence-corrected chi connectivity index (χ4v) is 2.51. The lowest BCUT2D eigenvalue weighted by atomic mass is 10.0. The van der Waals surface area contributed by atoms with Crippen LogP contribution in [0, 0.1) is 0 Å². The minimum absolute atomic E-state index is 0.602. The molecular weight excluding hydrogens is 264 g/mol. The van der Waals surface area contributed by atoms with E-state index in [-0.39, 0.29) is 0 Å². The van der Waals surface area contributed by atoms with Gasteiger partial charge < -0.3 is 4.42 Å². The molecule has 21 heavy (non-hydrogen) atoms. The highest BCUT2D eigenvalue weighted by atomic mass is 16.3. The number of benzene rings is 1. The van der Waals surface area contributed by atoms with Crippen LogP contribution in [-0.2, 0) is 6.54 Å². The van der Waals surface area contributed by atoms with E-state index in [4.69, 9.17) is 4.42 Å². The number of pyridine rings is 1. The fourth-order valence-electron chi connectivity index (χ4n) is 2.51. The molecule has 0 radical (unpaired) electrons. The quantitative estimate of drug-likeness (QED) is 0.577. The third-order valence-corrected chi connectivity index (χ3v) is 3.46. The highest BCUT2D eigenvalue weighted by Crippen LogP contribution is 2.30. The molecule has 0 fully saturated rings. The van der Waals surface area contributed by atoms with Gasteiger partial charge in [-0.3, -0.25) is 4.98 Å². The van der Waals surface area contributed by atoms with Crippen LogP contribution < -0.4 is 0 Å². The molecule has 0 aliphatic rings. The Morgan fingerprint density at radius 1 is 1.05 bits per heavy atom. The van der Waals surface area contributed by atoms with Gasteiger partial charge in [0.25, 0.3) is 0 Å². The van der Waals surface area contributed by atoms with Crippen LogP contribution in [0.5, 0.6) is 0 Å². The number of fused-ring (bicyclic) bond motifs is 1. The van der Waals surface area contributed by atoms with Crippen LogP contribution in [0.4, 0.5) is 0 Å². The predicted molar refractivity (Wildman–Crippen MR) is 78.6 cm³/mol. The Morgan fingerprint density at radius 2 is 2.05 bits per heavy atom. The van der Waals surface area contributed by atoms with E-state index in [1.54, 1.807) is 23.3 Å². The van der Waals surface area contributed by atoms with Gasteiger partial charge in [-0.2, -0.15) is 0 Å². The van der Waals surface area contributed by atoms with Crippen molar-refractivity contribution in [3.8, 4) is 11.3 Å². The van der Waals surface area contributed by atoms with Crippen molar-refractivity contribution in [3.63, 3.8) is 0 Å². The van der Waals surface area contributed by atoms with Crippen molar-refractivity contribution in [2.45, 2.75) is 6.54 Å². The molecule has 3 heterocycles. The van der Waals surface area contributed by atoms with E-state index in [0.717, 1.165) is 27.8 Å². The summed E-state index contributed by atoms with van der Waals surface area (Å²) in [7, 11) is 0. The first-order chi connectivity index (χ1) is 10.4. The zero-order valence-corrected chi connectivity index (χ0v) is 11.2. The molecule has 5 heteroatoms. The molecule has 0 amide bonds. The Morgan fingerprint density at radius 3 is 2.86 bits per heavy atom. The van der Waals surface area contributed by atoms with Gasteiger partial charge in [0.1, 0.15) is 5.76 Å². The first-order valence-corrected chi connectivity index (χ1v) is 6.66. The number of aromatic nitrogens is 4. The van der Waals surface area contributed by atoms with Gasteiger partial charge in [-0.1, -0.05) is 23.4 Å². The fraction of sp³-hybridized carbons (Fsp3) is 0.0625. The van der Waals surface area contributed by atoms with Crippen LogP contribution >= 0.6 is 0 Å². The predicted octanol–water partition coefficient (Wildman–Crippen LogP) is 3.13. The number of hydrogen-bond donors (Lipinski definition) is 0. The van der Waals surface area contributed by atoms with Crippen molar-refractivity contribution >= 4 is 10.9 Å². The van der Waals surface area contributed by atoms with E-state index in [2.05, 4.69) is 33.5 Å². The SMILES string of the molecule is c1coc(-c2ccc3cccnc3c2Cn2ccnn2)c1. The summed E-state index contributed by atoms with van der Waals surface area (Å²) in [6.07, 6.45) is 7.00. The summed E-state index contributed by atoms with van der Waals surface area (Å²) in [6, 6.07) is 12.0. The Kier molecular flexibility index (Phi) is 2.74. The maximum Gasteiger partial charge on any atom is 0.134 e. The Hall–Kier alpha value is -2.95. The highest BCUT2D eigenvalue weighted by molar-refractivity contribution is 5.87. The molecule has 0 unspecified atom stereocenters. The third kappa shape index (κ3) is 2.08. The second-order valence-corrected chi connectivity index (χ2v) is 4.74. The van der Waals surface area contributed by atoms with Crippen LogP contribution in [0.1, 0.15) is 5.56 Å². The lowest BCUT2D eigenvalue weighted by Crippen LogP contribution is -2.04. The number of rotatable bonds is 3. The minimum atomic E-state index is 0.602. The van der Waals surface area contributed by atoms with Crippen molar-refractivity contribution in [2.75, 3.05) is 0 Å². The largest absolute Gasteiger partial charge is 0.464 e. The van der Waals surface area contributed by atoms with E-state index in [1.165, 1.54) is 0 Å². The van der Waals surface area contributed by atoms with Gasteiger partial charge >= 0.3 is 0 Å². The van der Waals surface area contributed by atoms with Crippen molar-refractivity contribution in [1.82, 2.24) is 20.0 Å². The van der Waals surface area contributed by atoms with Crippen molar-refractivity contribution in [3.05, 3.63) is 66.8 Å². The van der Waals surface area contributed by atoms with Gasteiger partial charge in [-0.25, -0.2) is 4.68 Å². The molecule has 4 rings (SSSR count). The maximum atomic E-state index is 5.56. The molecule has 3 aromatic heterocycles. The molecule has 102 valence electrons. The summed E-state index contributed by atoms with van der Waals surface area (Å²) in [5.74, 6) is 0.831. The number of furan rings is 1. The molecule has 4 aromatic rings. The summed E-state index contributed by atoms with van der Waals surface area (Å²) >= 11 is 0. The monoisotopic (exact) mass is 276 g/mol. The average molecular weight is 276 g/mol. The minimum Gasteiger partial charge on any atom is -0.464 e. The van der Waals surface area contributed by atoms with E-state index in [1.807, 2.05) is 24.4 Å². The number of nitrogens with zero attached hydrogens (tertiary/aromatic N) is 4. The van der Waals surface area contributed by atoms with E-state index in [0.29, 0.717) is 6.54 Å². The van der Waals surface area contributed by atoms with E-state index >= 15 is 0 Å². The normalized spacial score (nSPS) is 11.0. The highest BCUT2D eigenvalue weighted by Gasteiger charge is 2.13. The van der Waals surface area contributed by atoms with Gasteiger partial charge in [0.05, 0.1) is 24.5 Å². The summed E-state index contributed by atoms with van der Waals surface area (Å²) in [6.45, 7) is 0.602. The standard InChI is InChI=1S/C16H12N4O/c1-3-12-5-6-13(15-4-2-10-21-15)14(16(12)17-7-1)11-20-9-8-18-19-20/h1-10H,11H2. The average Bonchev–Trinajstić information content (AvgIpc) is 3.21. The first kappa shape index (κ1) is 11.8. The lowest BCUT2D eigenvalue weighted by Gasteiger charge is -2.10.